The summed E-state index contributed by atoms with van der Waals surface area (Å²) in [5, 5.41) is 28.4. The molecular formula is C17H17N6NaO8S4. The number of aliphatic carboxylic acids is 1. The molecule has 3 amide bonds. The summed E-state index contributed by atoms with van der Waals surface area (Å²) in [4.78, 5) is 52.8. The molecule has 2 aliphatic rings. The Kier molecular flexibility index (Phi) is 10.4. The first kappa shape index (κ1) is 30.1. The van der Waals surface area contributed by atoms with Crippen LogP contribution < -0.4 is 51.4 Å². The van der Waals surface area contributed by atoms with Crippen molar-refractivity contribution in [2.75, 3.05) is 23.0 Å². The average Bonchev–Trinajstić information content (AvgIpc) is 3.19. The van der Waals surface area contributed by atoms with Crippen LogP contribution in [-0.2, 0) is 29.0 Å². The first-order valence-corrected chi connectivity index (χ1v) is 14.0. The maximum atomic E-state index is 12.7. The molecule has 14 nitrogen and oxygen atoms in total. The summed E-state index contributed by atoms with van der Waals surface area (Å²) in [6.07, 6.45) is 1.22. The number of hydrogen-bond donors (Lipinski definition) is 4. The molecule has 3 rings (SSSR count). The van der Waals surface area contributed by atoms with E-state index in [9.17, 15) is 37.9 Å². The third-order valence-electron chi connectivity index (χ3n) is 4.51. The number of nitrogen functional groups attached to an aromatic ring is 1. The van der Waals surface area contributed by atoms with Crippen LogP contribution in [0, 0.1) is 0 Å². The minimum atomic E-state index is -3.75. The number of carbonyl (C=O) groups excluding carboxylic acids is 4. The molecule has 36 heavy (non-hydrogen) atoms. The van der Waals surface area contributed by atoms with Gasteiger partial charge >= 0.3 is 29.6 Å². The molecule has 1 unspecified atom stereocenters. The molecule has 1 fully saturated rings. The van der Waals surface area contributed by atoms with Crippen molar-refractivity contribution in [2.45, 2.75) is 11.4 Å². The van der Waals surface area contributed by atoms with Crippen LogP contribution in [0.5, 0.6) is 0 Å². The Morgan fingerprint density at radius 1 is 1.42 bits per heavy atom. The van der Waals surface area contributed by atoms with Gasteiger partial charge in [-0.25, -0.2) is 13.4 Å². The number of carboxylic acids is 1. The Labute approximate surface area is 238 Å². The van der Waals surface area contributed by atoms with E-state index in [0.29, 0.717) is 0 Å². The molecule has 0 bridgehead atoms. The van der Waals surface area contributed by atoms with Crippen LogP contribution in [0.15, 0.2) is 32.6 Å². The number of nitrogens with two attached hydrogens (primary N) is 2. The monoisotopic (exact) mass is 584 g/mol. The maximum Gasteiger partial charge on any atom is 1.00 e. The van der Waals surface area contributed by atoms with Crippen LogP contribution in [-0.4, -0.2) is 81.6 Å². The normalized spacial score (nSPS) is 19.9. The predicted octanol–water partition coefficient (Wildman–Crippen LogP) is -5.58. The van der Waals surface area contributed by atoms with Crippen molar-refractivity contribution in [1.29, 1.82) is 0 Å². The number of rotatable bonds is 10. The van der Waals surface area contributed by atoms with Gasteiger partial charge in [-0.15, -0.1) is 23.1 Å². The van der Waals surface area contributed by atoms with Crippen LogP contribution in [0.25, 0.3) is 0 Å². The molecule has 2 aliphatic heterocycles. The Bertz CT molecular complexity index is 1280. The van der Waals surface area contributed by atoms with E-state index >= 15 is 0 Å². The summed E-state index contributed by atoms with van der Waals surface area (Å²) in [6, 6.07) is -1.10. The number of anilines is 1. The number of hydrogen-bond acceptors (Lipinski definition) is 14. The predicted molar refractivity (Wildman–Crippen MR) is 126 cm³/mol. The van der Waals surface area contributed by atoms with Crippen molar-refractivity contribution in [3.63, 3.8) is 0 Å². The van der Waals surface area contributed by atoms with Crippen molar-refractivity contribution in [3.8, 4) is 0 Å². The number of primary amides is 1. The van der Waals surface area contributed by atoms with Crippen molar-refractivity contribution in [2.24, 2.45) is 10.9 Å². The quantitative estimate of drug-likeness (QED) is 0.0662. The fourth-order valence-corrected chi connectivity index (χ4v) is 7.01. The SMILES string of the molecule is NC(=O)CS(=O)(=O)C/C=C\SC1=C(C(=O)[O-])N2C(=O)C(NC(=O)/C(=N\O)c3csc(N)n3)[C@H]2SC1.[Na+]. The Morgan fingerprint density at radius 2 is 2.11 bits per heavy atom. The number of aromatic nitrogens is 1. The van der Waals surface area contributed by atoms with Crippen LogP contribution >= 0.6 is 34.9 Å². The Balaban J connectivity index is 0.00000456. The summed E-state index contributed by atoms with van der Waals surface area (Å²) in [5.41, 5.74) is 9.53. The van der Waals surface area contributed by atoms with Gasteiger partial charge < -0.3 is 31.9 Å². The number of fused-ring (bicyclic) bond motifs is 1. The number of thioether (sulfide) groups is 2. The molecule has 6 N–H and O–H groups in total. The smallest absolute Gasteiger partial charge is 0.543 e. The fourth-order valence-electron chi connectivity index (χ4n) is 3.08. The molecule has 2 atom stereocenters. The second-order valence-corrected chi connectivity index (χ2v) is 12.1. The van der Waals surface area contributed by atoms with Gasteiger partial charge in [-0.1, -0.05) is 23.0 Å². The number of carbonyl (C=O) groups is 4. The molecule has 19 heteroatoms. The van der Waals surface area contributed by atoms with E-state index in [2.05, 4.69) is 15.5 Å². The van der Waals surface area contributed by atoms with E-state index in [1.54, 1.807) is 0 Å². The van der Waals surface area contributed by atoms with Gasteiger partial charge in [0, 0.05) is 16.0 Å². The molecule has 1 aromatic rings. The summed E-state index contributed by atoms with van der Waals surface area (Å²) in [7, 11) is -3.75. The van der Waals surface area contributed by atoms with E-state index in [0.717, 1.165) is 39.8 Å². The van der Waals surface area contributed by atoms with Crippen LogP contribution in [0.4, 0.5) is 5.13 Å². The third-order valence-corrected chi connectivity index (χ3v) is 9.02. The van der Waals surface area contributed by atoms with Crippen molar-refractivity contribution < 1.29 is 67.5 Å². The van der Waals surface area contributed by atoms with Crippen molar-refractivity contribution >= 4 is 79.2 Å². The second-order valence-electron chi connectivity index (χ2n) is 6.95. The average molecular weight is 585 g/mol. The molecule has 0 aliphatic carbocycles. The molecule has 3 heterocycles. The summed E-state index contributed by atoms with van der Waals surface area (Å²) >= 11 is 3.06. The zero-order chi connectivity index (χ0) is 25.9. The topological polar surface area (TPSA) is 238 Å². The number of β-lactam (4-membered cyclic amide) rings is 1. The molecule has 0 saturated carbocycles. The minimum absolute atomic E-state index is 0. The van der Waals surface area contributed by atoms with E-state index in [4.69, 9.17) is 11.5 Å². The summed E-state index contributed by atoms with van der Waals surface area (Å²) in [6.45, 7) is 0. The van der Waals surface area contributed by atoms with Gasteiger partial charge in [0.05, 0.1) is 17.4 Å². The van der Waals surface area contributed by atoms with Gasteiger partial charge in [0.25, 0.3) is 11.8 Å². The number of thiazole rings is 1. The molecule has 0 spiro atoms. The van der Waals surface area contributed by atoms with E-state index in [1.807, 2.05) is 0 Å². The zero-order valence-corrected chi connectivity index (χ0v) is 23.7. The van der Waals surface area contributed by atoms with Crippen LogP contribution in [0.1, 0.15) is 5.69 Å². The van der Waals surface area contributed by atoms with Gasteiger partial charge in [0.2, 0.25) is 5.91 Å². The molecule has 188 valence electrons. The van der Waals surface area contributed by atoms with E-state index in [-0.39, 0.29) is 51.0 Å². The van der Waals surface area contributed by atoms with Gasteiger partial charge in [0.15, 0.2) is 20.7 Å². The molecule has 1 aromatic heterocycles. The summed E-state index contributed by atoms with van der Waals surface area (Å²) < 4.78 is 23.4. The number of nitrogens with zero attached hydrogens (tertiary/aromatic N) is 3. The first-order chi connectivity index (χ1) is 16.4. The standard InChI is InChI=1S/C17H18N6O8S4.Na/c18-9(24)6-35(30,31)3-1-2-32-8-5-33-15-11(14(26)23(15)12(8)16(27)28)21-13(25)10(22-29)7-4-34-17(19)20-7;/h1-2,4,11,15,29H,3,5-6H2,(H2,18,24)(H2,19,20)(H,21,25)(H,27,28);/q;+1/p-1/b2-1-,22-10-;/t11?,15-;/m1./s1. The van der Waals surface area contributed by atoms with E-state index < -0.39 is 67.9 Å². The second kappa shape index (κ2) is 12.4. The van der Waals surface area contributed by atoms with Gasteiger partial charge in [0.1, 0.15) is 22.9 Å². The first-order valence-electron chi connectivity index (χ1n) is 9.39. The van der Waals surface area contributed by atoms with Crippen molar-refractivity contribution in [1.82, 2.24) is 15.2 Å². The number of nitrogens with one attached hydrogen (secondary N) is 1. The molecule has 0 aromatic carbocycles. The molecule has 1 saturated heterocycles. The number of oxime groups is 1. The number of amides is 3. The maximum absolute atomic E-state index is 12.7. The number of carboxylic acid groups (broad SMARTS) is 1. The van der Waals surface area contributed by atoms with Crippen molar-refractivity contribution in [3.05, 3.63) is 33.2 Å². The fraction of sp³-hybridized carbons (Fsp3) is 0.294. The van der Waals surface area contributed by atoms with E-state index in [1.165, 1.54) is 16.9 Å². The molecular weight excluding hydrogens is 567 g/mol. The van der Waals surface area contributed by atoms with Crippen LogP contribution in [0.2, 0.25) is 0 Å². The van der Waals surface area contributed by atoms with Gasteiger partial charge in [-0.05, 0) is 5.41 Å². The Morgan fingerprint density at radius 3 is 2.67 bits per heavy atom. The zero-order valence-electron chi connectivity index (χ0n) is 18.4. The van der Waals surface area contributed by atoms with Gasteiger partial charge in [-0.2, -0.15) is 0 Å². The third kappa shape index (κ3) is 6.81. The molecule has 0 radical (unpaired) electrons. The van der Waals surface area contributed by atoms with Crippen LogP contribution in [0.3, 0.4) is 0 Å². The minimum Gasteiger partial charge on any atom is -0.543 e. The summed E-state index contributed by atoms with van der Waals surface area (Å²) in [5.74, 6) is -5.43. The van der Waals surface area contributed by atoms with Gasteiger partial charge in [-0.3, -0.25) is 19.3 Å². The number of sulfone groups is 1. The Hall–Kier alpha value is -2.09. The largest absolute Gasteiger partial charge is 1.00 e.